The molecule has 0 aliphatic carbocycles. The van der Waals surface area contributed by atoms with Gasteiger partial charge in [0.05, 0.1) is 5.56 Å². The molecule has 0 saturated heterocycles. The highest BCUT2D eigenvalue weighted by Gasteiger charge is 2.31. The Balaban J connectivity index is 3.07. The lowest BCUT2D eigenvalue weighted by atomic mass is 9.89. The number of rotatable bonds is 3. The lowest BCUT2D eigenvalue weighted by Crippen LogP contribution is -2.24. The van der Waals surface area contributed by atoms with Gasteiger partial charge in [-0.25, -0.2) is 0 Å². The summed E-state index contributed by atoms with van der Waals surface area (Å²) in [6, 6.07) is 5.26. The molecule has 1 rings (SSSR count). The number of benzene rings is 1. The summed E-state index contributed by atoms with van der Waals surface area (Å²) >= 11 is 0. The van der Waals surface area contributed by atoms with Gasteiger partial charge >= 0.3 is 6.18 Å². The van der Waals surface area contributed by atoms with E-state index in [9.17, 15) is 13.2 Å². The molecule has 0 heterocycles. The molecule has 2 N–H and O–H groups in total. The van der Waals surface area contributed by atoms with Crippen molar-refractivity contribution < 1.29 is 13.2 Å². The second kappa shape index (κ2) is 4.87. The van der Waals surface area contributed by atoms with Crippen LogP contribution in [0.1, 0.15) is 37.3 Å². The maximum absolute atomic E-state index is 12.5. The molecular formula is C12H16F3N. The van der Waals surface area contributed by atoms with Crippen LogP contribution < -0.4 is 5.73 Å². The molecule has 0 radical (unpaired) electrons. The van der Waals surface area contributed by atoms with E-state index in [0.717, 1.165) is 12.5 Å². The minimum absolute atomic E-state index is 0.0256. The second-order valence-corrected chi connectivity index (χ2v) is 4.00. The highest BCUT2D eigenvalue weighted by Crippen LogP contribution is 2.32. The lowest BCUT2D eigenvalue weighted by molar-refractivity contribution is -0.137. The highest BCUT2D eigenvalue weighted by molar-refractivity contribution is 5.29. The van der Waals surface area contributed by atoms with E-state index in [0.29, 0.717) is 5.56 Å². The fourth-order valence-electron chi connectivity index (χ4n) is 1.86. The highest BCUT2D eigenvalue weighted by atomic mass is 19.4. The van der Waals surface area contributed by atoms with E-state index in [1.54, 1.807) is 6.07 Å². The predicted octanol–water partition coefficient (Wildman–Crippen LogP) is 3.55. The van der Waals surface area contributed by atoms with Crippen molar-refractivity contribution in [3.8, 4) is 0 Å². The first kappa shape index (κ1) is 13.0. The average molecular weight is 231 g/mol. The Labute approximate surface area is 93.5 Å². The zero-order valence-corrected chi connectivity index (χ0v) is 9.38. The van der Waals surface area contributed by atoms with Crippen LogP contribution in [0.15, 0.2) is 24.3 Å². The van der Waals surface area contributed by atoms with E-state index in [2.05, 4.69) is 0 Å². The molecule has 0 amide bonds. The molecule has 0 aliphatic heterocycles. The van der Waals surface area contributed by atoms with Crippen molar-refractivity contribution >= 4 is 0 Å². The number of hydrogen-bond acceptors (Lipinski definition) is 1. The summed E-state index contributed by atoms with van der Waals surface area (Å²) < 4.78 is 37.5. The van der Waals surface area contributed by atoms with Gasteiger partial charge in [0.25, 0.3) is 0 Å². The molecule has 2 unspecified atom stereocenters. The largest absolute Gasteiger partial charge is 0.416 e. The fourth-order valence-corrected chi connectivity index (χ4v) is 1.86. The van der Waals surface area contributed by atoms with Gasteiger partial charge in [-0.1, -0.05) is 25.1 Å². The lowest BCUT2D eigenvalue weighted by Gasteiger charge is -2.20. The Morgan fingerprint density at radius 3 is 2.38 bits per heavy atom. The van der Waals surface area contributed by atoms with Gasteiger partial charge in [0.15, 0.2) is 0 Å². The third kappa shape index (κ3) is 2.98. The normalized spacial score (nSPS) is 15.9. The minimum Gasteiger partial charge on any atom is -0.327 e. The molecule has 2 atom stereocenters. The van der Waals surface area contributed by atoms with Crippen LogP contribution in [0.5, 0.6) is 0 Å². The van der Waals surface area contributed by atoms with E-state index in [4.69, 9.17) is 5.73 Å². The zero-order valence-electron chi connectivity index (χ0n) is 9.38. The van der Waals surface area contributed by atoms with E-state index in [-0.39, 0.29) is 12.0 Å². The van der Waals surface area contributed by atoms with Crippen molar-refractivity contribution in [3.63, 3.8) is 0 Å². The molecule has 0 fully saturated rings. The van der Waals surface area contributed by atoms with E-state index in [1.165, 1.54) is 12.1 Å². The molecule has 0 aromatic heterocycles. The molecule has 0 saturated carbocycles. The maximum atomic E-state index is 12.5. The van der Waals surface area contributed by atoms with Crippen LogP contribution in [-0.4, -0.2) is 6.04 Å². The van der Waals surface area contributed by atoms with Crippen molar-refractivity contribution in [2.75, 3.05) is 0 Å². The number of hydrogen-bond donors (Lipinski definition) is 1. The van der Waals surface area contributed by atoms with Gasteiger partial charge in [-0.3, -0.25) is 0 Å². The molecule has 4 heteroatoms. The van der Waals surface area contributed by atoms with Gasteiger partial charge in [0.2, 0.25) is 0 Å². The van der Waals surface area contributed by atoms with E-state index in [1.807, 2.05) is 13.8 Å². The summed E-state index contributed by atoms with van der Waals surface area (Å²) in [4.78, 5) is 0. The molecule has 0 aliphatic rings. The van der Waals surface area contributed by atoms with Gasteiger partial charge in [0.1, 0.15) is 0 Å². The fraction of sp³-hybridized carbons (Fsp3) is 0.500. The van der Waals surface area contributed by atoms with Crippen molar-refractivity contribution in [2.45, 2.75) is 38.4 Å². The first-order chi connectivity index (χ1) is 7.36. The Hall–Kier alpha value is -1.03. The molecule has 16 heavy (non-hydrogen) atoms. The topological polar surface area (TPSA) is 26.0 Å². The predicted molar refractivity (Wildman–Crippen MR) is 58.1 cm³/mol. The summed E-state index contributed by atoms with van der Waals surface area (Å²) in [6.45, 7) is 3.74. The summed E-state index contributed by atoms with van der Waals surface area (Å²) in [7, 11) is 0. The van der Waals surface area contributed by atoms with Crippen LogP contribution in [0.4, 0.5) is 13.2 Å². The van der Waals surface area contributed by atoms with Crippen molar-refractivity contribution in [1.82, 2.24) is 0 Å². The number of nitrogens with two attached hydrogens (primary N) is 1. The van der Waals surface area contributed by atoms with Crippen LogP contribution >= 0.6 is 0 Å². The van der Waals surface area contributed by atoms with Crippen LogP contribution in [0.3, 0.4) is 0 Å². The Kier molecular flexibility index (Phi) is 3.97. The summed E-state index contributed by atoms with van der Waals surface area (Å²) in [6.07, 6.45) is -3.55. The number of halogens is 3. The minimum atomic E-state index is -4.29. The summed E-state index contributed by atoms with van der Waals surface area (Å²) in [5.41, 5.74) is 5.81. The first-order valence-electron chi connectivity index (χ1n) is 5.29. The van der Waals surface area contributed by atoms with Crippen molar-refractivity contribution in [2.24, 2.45) is 5.73 Å². The Morgan fingerprint density at radius 2 is 1.94 bits per heavy atom. The molecule has 1 aromatic carbocycles. The third-order valence-corrected chi connectivity index (χ3v) is 2.72. The van der Waals surface area contributed by atoms with Crippen LogP contribution in [0, 0.1) is 0 Å². The summed E-state index contributed by atoms with van der Waals surface area (Å²) in [5.74, 6) is -0.0256. The molecule has 0 spiro atoms. The van der Waals surface area contributed by atoms with Crippen molar-refractivity contribution in [1.29, 1.82) is 0 Å². The average Bonchev–Trinajstić information content (AvgIpc) is 2.17. The van der Waals surface area contributed by atoms with Crippen LogP contribution in [0.2, 0.25) is 0 Å². The van der Waals surface area contributed by atoms with Gasteiger partial charge in [-0.05, 0) is 30.9 Å². The van der Waals surface area contributed by atoms with Crippen molar-refractivity contribution in [3.05, 3.63) is 35.4 Å². The van der Waals surface area contributed by atoms with Crippen LogP contribution in [0.25, 0.3) is 0 Å². The Morgan fingerprint density at radius 1 is 1.31 bits per heavy atom. The van der Waals surface area contributed by atoms with E-state index >= 15 is 0 Å². The monoisotopic (exact) mass is 231 g/mol. The maximum Gasteiger partial charge on any atom is 0.416 e. The number of alkyl halides is 3. The smallest absolute Gasteiger partial charge is 0.327 e. The van der Waals surface area contributed by atoms with Gasteiger partial charge < -0.3 is 5.73 Å². The first-order valence-corrected chi connectivity index (χ1v) is 5.29. The quantitative estimate of drug-likeness (QED) is 0.845. The third-order valence-electron chi connectivity index (χ3n) is 2.72. The summed E-state index contributed by atoms with van der Waals surface area (Å²) in [5, 5.41) is 0. The second-order valence-electron chi connectivity index (χ2n) is 4.00. The molecule has 1 aromatic rings. The van der Waals surface area contributed by atoms with Gasteiger partial charge in [-0.2, -0.15) is 13.2 Å². The van der Waals surface area contributed by atoms with Crippen LogP contribution in [-0.2, 0) is 6.18 Å². The Bertz CT molecular complexity index is 344. The van der Waals surface area contributed by atoms with E-state index < -0.39 is 11.7 Å². The molecule has 90 valence electrons. The van der Waals surface area contributed by atoms with Gasteiger partial charge in [0, 0.05) is 6.04 Å². The molecule has 1 nitrogen and oxygen atoms in total. The standard InChI is InChI=1S/C12H16F3N/c1-3-11(8(2)16)9-5-4-6-10(7-9)12(13,14)15/h4-8,11H,3,16H2,1-2H3. The van der Waals surface area contributed by atoms with Gasteiger partial charge in [-0.15, -0.1) is 0 Å². The molecular weight excluding hydrogens is 215 g/mol. The SMILES string of the molecule is CCC(c1cccc(C(F)(F)F)c1)C(C)N. The molecule has 0 bridgehead atoms. The zero-order chi connectivity index (χ0) is 12.3.